The van der Waals surface area contributed by atoms with Gasteiger partial charge in [0.15, 0.2) is 0 Å². The molecule has 74 valence electrons. The van der Waals surface area contributed by atoms with Gasteiger partial charge in [0.25, 0.3) is 0 Å². The molecule has 0 spiro atoms. The lowest BCUT2D eigenvalue weighted by Crippen LogP contribution is -2.29. The molecule has 0 aromatic carbocycles. The van der Waals surface area contributed by atoms with Crippen LogP contribution in [0.3, 0.4) is 0 Å². The lowest BCUT2D eigenvalue weighted by Gasteiger charge is -2.07. The highest BCUT2D eigenvalue weighted by molar-refractivity contribution is 6.84. The topological polar surface area (TPSA) is 6.25 Å². The van der Waals surface area contributed by atoms with E-state index in [0.717, 1.165) is 5.84 Å². The van der Waals surface area contributed by atoms with Gasteiger partial charge in [0, 0.05) is 5.92 Å². The van der Waals surface area contributed by atoms with Gasteiger partial charge in [0.2, 0.25) is 0 Å². The average Bonchev–Trinajstić information content (AvgIpc) is 1.82. The van der Waals surface area contributed by atoms with Gasteiger partial charge in [-0.05, 0) is 0 Å². The van der Waals surface area contributed by atoms with Crippen LogP contribution in [0.1, 0.15) is 0 Å². The van der Waals surface area contributed by atoms with Crippen molar-refractivity contribution in [1.82, 2.24) is 4.90 Å². The first-order valence-electron chi connectivity index (χ1n) is 4.49. The third-order valence-electron chi connectivity index (χ3n) is 1.40. The Morgan fingerprint density at radius 2 is 1.62 bits per heavy atom. The molecular weight excluding hydrogens is 176 g/mol. The average molecular weight is 197 g/mol. The van der Waals surface area contributed by atoms with Crippen LogP contribution in [0.5, 0.6) is 0 Å². The molecule has 2 nitrogen and oxygen atoms in total. The van der Waals surface area contributed by atoms with Gasteiger partial charge in [0.1, 0.15) is 8.07 Å². The minimum absolute atomic E-state index is 1.07. The molecule has 0 heterocycles. The van der Waals surface area contributed by atoms with Crippen molar-refractivity contribution in [3.05, 3.63) is 0 Å². The van der Waals surface area contributed by atoms with Crippen molar-refractivity contribution >= 4 is 13.9 Å². The van der Waals surface area contributed by atoms with Crippen LogP contribution < -0.4 is 0 Å². The monoisotopic (exact) mass is 197 g/mol. The van der Waals surface area contributed by atoms with Crippen molar-refractivity contribution in [3.8, 4) is 11.5 Å². The molecule has 0 N–H and O–H groups in total. The van der Waals surface area contributed by atoms with E-state index >= 15 is 0 Å². The molecule has 0 atom stereocenters. The Morgan fingerprint density at radius 1 is 1.15 bits per heavy atom. The van der Waals surface area contributed by atoms with Crippen molar-refractivity contribution in [1.29, 1.82) is 0 Å². The molecule has 0 saturated carbocycles. The maximum absolute atomic E-state index is 3.35. The van der Waals surface area contributed by atoms with E-state index in [2.05, 4.69) is 31.1 Å². The third kappa shape index (κ3) is 5.48. The van der Waals surface area contributed by atoms with E-state index in [0.29, 0.717) is 0 Å². The second-order valence-electron chi connectivity index (χ2n) is 4.61. The highest BCUT2D eigenvalue weighted by Crippen LogP contribution is 1.96. The first-order chi connectivity index (χ1) is 5.74. The number of hydrogen-bond donors (Lipinski definition) is 0. The molecule has 0 fully saturated rings. The summed E-state index contributed by atoms with van der Waals surface area (Å²) < 4.78 is 2.05. The van der Waals surface area contributed by atoms with Crippen LogP contribution in [0.25, 0.3) is 0 Å². The molecule has 0 aliphatic heterocycles. The number of hydrogen-bond acceptors (Lipinski definition) is 0. The Bertz CT molecular complexity index is 257. The Kier molecular flexibility index (Phi) is 4.21. The second-order valence-corrected chi connectivity index (χ2v) is 9.36. The first-order valence-corrected chi connectivity index (χ1v) is 7.99. The van der Waals surface area contributed by atoms with Crippen LogP contribution in [0.4, 0.5) is 0 Å². The maximum atomic E-state index is 3.35. The Hall–Kier alpha value is -0.753. The summed E-state index contributed by atoms with van der Waals surface area (Å²) in [4.78, 5) is 2.05. The Morgan fingerprint density at radius 3 is 1.85 bits per heavy atom. The largest absolute Gasteiger partial charge is 0.323 e. The number of amidine groups is 1. The quantitative estimate of drug-likeness (QED) is 0.185. The molecule has 0 radical (unpaired) electrons. The van der Waals surface area contributed by atoms with Crippen LogP contribution in [0.15, 0.2) is 0 Å². The van der Waals surface area contributed by atoms with Crippen molar-refractivity contribution in [3.63, 3.8) is 0 Å². The maximum Gasteiger partial charge on any atom is 0.323 e. The van der Waals surface area contributed by atoms with E-state index in [1.54, 1.807) is 0 Å². The smallest absolute Gasteiger partial charge is 0.260 e. The predicted octanol–water partition coefficient (Wildman–Crippen LogP) is 1.10. The van der Waals surface area contributed by atoms with Gasteiger partial charge in [-0.15, -0.1) is 5.54 Å². The standard InChI is InChI=1S/C10H21N2Si/c1-11(2)10(12(3)4)8-9-13(5,6)7/h1-7H3/q+1. The Balaban J connectivity index is 4.83. The highest BCUT2D eigenvalue weighted by Gasteiger charge is 2.11. The SMILES string of the molecule is CN(C)C(C#C[Si](C)(C)C)=[N+](C)C. The van der Waals surface area contributed by atoms with E-state index in [-0.39, 0.29) is 0 Å². The molecule has 0 unspecified atom stereocenters. The zero-order valence-corrected chi connectivity index (χ0v) is 10.9. The molecule has 0 aliphatic rings. The first kappa shape index (κ1) is 12.2. The van der Waals surface area contributed by atoms with Gasteiger partial charge < -0.3 is 0 Å². The molecule has 0 rings (SSSR count). The normalized spacial score (nSPS) is 10.1. The number of nitrogens with zero attached hydrogens (tertiary/aromatic N) is 2. The van der Waals surface area contributed by atoms with E-state index in [9.17, 15) is 0 Å². The molecule has 0 aromatic rings. The summed E-state index contributed by atoms with van der Waals surface area (Å²) in [5, 5.41) is 0. The van der Waals surface area contributed by atoms with Crippen LogP contribution in [-0.4, -0.2) is 51.6 Å². The third-order valence-corrected chi connectivity index (χ3v) is 2.27. The zero-order valence-electron chi connectivity index (χ0n) is 9.89. The van der Waals surface area contributed by atoms with E-state index in [1.165, 1.54) is 0 Å². The molecule has 0 bridgehead atoms. The fraction of sp³-hybridized carbons (Fsp3) is 0.700. The summed E-state index contributed by atoms with van der Waals surface area (Å²) in [6.45, 7) is 6.76. The predicted molar refractivity (Wildman–Crippen MR) is 61.9 cm³/mol. The molecule has 0 amide bonds. The van der Waals surface area contributed by atoms with Crippen LogP contribution in [0, 0.1) is 11.5 Å². The van der Waals surface area contributed by atoms with Gasteiger partial charge >= 0.3 is 5.84 Å². The van der Waals surface area contributed by atoms with E-state index in [4.69, 9.17) is 0 Å². The van der Waals surface area contributed by atoms with Crippen molar-refractivity contribution < 1.29 is 4.58 Å². The van der Waals surface area contributed by atoms with Gasteiger partial charge in [-0.1, -0.05) is 19.6 Å². The molecule has 0 aliphatic carbocycles. The fourth-order valence-corrected chi connectivity index (χ4v) is 1.35. The van der Waals surface area contributed by atoms with Crippen molar-refractivity contribution in [2.24, 2.45) is 0 Å². The molecule has 0 aromatic heterocycles. The highest BCUT2D eigenvalue weighted by atomic mass is 28.3. The second kappa shape index (κ2) is 4.47. The van der Waals surface area contributed by atoms with Crippen LogP contribution in [0.2, 0.25) is 19.6 Å². The summed E-state index contributed by atoms with van der Waals surface area (Å²) >= 11 is 0. The van der Waals surface area contributed by atoms with Crippen LogP contribution >= 0.6 is 0 Å². The van der Waals surface area contributed by atoms with Gasteiger partial charge in [-0.3, -0.25) is 9.48 Å². The molecular formula is C10H21N2Si+. The molecule has 0 saturated heterocycles. The fourth-order valence-electron chi connectivity index (χ4n) is 0.867. The van der Waals surface area contributed by atoms with E-state index in [1.807, 2.05) is 37.7 Å². The summed E-state index contributed by atoms with van der Waals surface area (Å²) in [7, 11) is 6.84. The van der Waals surface area contributed by atoms with Gasteiger partial charge in [0.05, 0.1) is 28.2 Å². The molecule has 3 heteroatoms. The molecule has 13 heavy (non-hydrogen) atoms. The minimum Gasteiger partial charge on any atom is -0.260 e. The van der Waals surface area contributed by atoms with Crippen molar-refractivity contribution in [2.45, 2.75) is 19.6 Å². The lowest BCUT2D eigenvalue weighted by atomic mass is 10.5. The summed E-state index contributed by atoms with van der Waals surface area (Å²) in [5.74, 6) is 4.31. The minimum atomic E-state index is -1.25. The Labute approximate surface area is 83.3 Å². The van der Waals surface area contributed by atoms with Crippen molar-refractivity contribution in [2.75, 3.05) is 28.2 Å². The summed E-state index contributed by atoms with van der Waals surface area (Å²) in [6, 6.07) is 0. The van der Waals surface area contributed by atoms with Crippen LogP contribution in [-0.2, 0) is 0 Å². The van der Waals surface area contributed by atoms with Gasteiger partial charge in [-0.25, -0.2) is 0 Å². The van der Waals surface area contributed by atoms with E-state index < -0.39 is 8.07 Å². The van der Waals surface area contributed by atoms with Gasteiger partial charge in [-0.2, -0.15) is 0 Å². The lowest BCUT2D eigenvalue weighted by molar-refractivity contribution is -0.468. The number of rotatable bonds is 0. The summed E-state index contributed by atoms with van der Waals surface area (Å²) in [6.07, 6.45) is 0. The summed E-state index contributed by atoms with van der Waals surface area (Å²) in [5.41, 5.74) is 3.35. The zero-order chi connectivity index (χ0) is 10.6.